The molecule has 0 aromatic heterocycles. The van der Waals surface area contributed by atoms with E-state index in [4.69, 9.17) is 4.74 Å². The maximum atomic E-state index is 11.6. The van der Waals surface area contributed by atoms with E-state index in [1.807, 2.05) is 24.3 Å². The van der Waals surface area contributed by atoms with E-state index in [1.165, 1.54) is 22.4 Å². The van der Waals surface area contributed by atoms with Crippen molar-refractivity contribution in [2.75, 3.05) is 38.2 Å². The van der Waals surface area contributed by atoms with Crippen LogP contribution in [-0.4, -0.2) is 55.3 Å². The molecule has 5 rings (SSSR count). The van der Waals surface area contributed by atoms with Gasteiger partial charge in [-0.05, 0) is 96.5 Å². The third-order valence-electron chi connectivity index (χ3n) is 7.57. The highest BCUT2D eigenvalue weighted by molar-refractivity contribution is 6.01. The molecular formula is C31H34N2O3. The number of nitrogens with zero attached hydrogens (tertiary/aromatic N) is 2. The normalized spacial score (nSPS) is 16.3. The molecule has 0 bridgehead atoms. The van der Waals surface area contributed by atoms with Gasteiger partial charge in [0.05, 0.1) is 12.7 Å². The van der Waals surface area contributed by atoms with E-state index in [1.54, 1.807) is 13.2 Å². The summed E-state index contributed by atoms with van der Waals surface area (Å²) < 4.78 is 5.37. The van der Waals surface area contributed by atoms with E-state index in [9.17, 15) is 9.90 Å². The monoisotopic (exact) mass is 482 g/mol. The molecule has 1 saturated heterocycles. The van der Waals surface area contributed by atoms with Gasteiger partial charge in [-0.2, -0.15) is 0 Å². The summed E-state index contributed by atoms with van der Waals surface area (Å²) in [5.74, 6) is -0.0451. The predicted molar refractivity (Wildman–Crippen MR) is 146 cm³/mol. The molecular weight excluding hydrogens is 448 g/mol. The van der Waals surface area contributed by atoms with Gasteiger partial charge in [0, 0.05) is 37.9 Å². The molecule has 0 atom stereocenters. The second-order valence-electron chi connectivity index (χ2n) is 9.92. The number of fused-ring (bicyclic) bond motifs is 1. The van der Waals surface area contributed by atoms with Crippen molar-refractivity contribution in [3.63, 3.8) is 0 Å². The van der Waals surface area contributed by atoms with E-state index in [-0.39, 0.29) is 0 Å². The van der Waals surface area contributed by atoms with Crippen molar-refractivity contribution >= 4 is 22.8 Å². The highest BCUT2D eigenvalue weighted by Gasteiger charge is 2.24. The fraction of sp³-hybridized carbons (Fsp3) is 0.323. The number of rotatable bonds is 6. The van der Waals surface area contributed by atoms with Crippen LogP contribution in [0.2, 0.25) is 0 Å². The Kier molecular flexibility index (Phi) is 6.84. The Hall–Kier alpha value is -3.57. The highest BCUT2D eigenvalue weighted by atomic mass is 16.5. The summed E-state index contributed by atoms with van der Waals surface area (Å²) in [4.78, 5) is 16.6. The van der Waals surface area contributed by atoms with Gasteiger partial charge in [-0.3, -0.25) is 4.90 Å². The van der Waals surface area contributed by atoms with Crippen LogP contribution in [0.4, 0.5) is 5.69 Å². The number of benzene rings is 3. The topological polar surface area (TPSA) is 53.0 Å². The SMILES string of the molecule is COc1ccc(C2=C(c3ccc(N4CCN(C(C)C)CC4)cc3)c3ccc(C(=O)O)cc3CC2)cc1. The molecule has 0 radical (unpaired) electrons. The molecule has 1 aliphatic carbocycles. The molecule has 1 N–H and O–H groups in total. The van der Waals surface area contributed by atoms with Gasteiger partial charge in [0.1, 0.15) is 5.75 Å². The summed E-state index contributed by atoms with van der Waals surface area (Å²) in [6.45, 7) is 8.78. The van der Waals surface area contributed by atoms with Crippen LogP contribution in [0.25, 0.3) is 11.1 Å². The number of aryl methyl sites for hydroxylation is 1. The van der Waals surface area contributed by atoms with Crippen LogP contribution in [0.1, 0.15) is 52.9 Å². The average molecular weight is 483 g/mol. The maximum absolute atomic E-state index is 11.6. The molecule has 3 aromatic carbocycles. The lowest BCUT2D eigenvalue weighted by molar-refractivity contribution is 0.0696. The molecule has 1 fully saturated rings. The molecule has 3 aromatic rings. The summed E-state index contributed by atoms with van der Waals surface area (Å²) in [5.41, 5.74) is 8.62. The maximum Gasteiger partial charge on any atom is 0.335 e. The fourth-order valence-electron chi connectivity index (χ4n) is 5.47. The Morgan fingerprint density at radius 1 is 0.861 bits per heavy atom. The number of piperazine rings is 1. The number of carbonyl (C=O) groups is 1. The van der Waals surface area contributed by atoms with Gasteiger partial charge >= 0.3 is 5.97 Å². The molecule has 36 heavy (non-hydrogen) atoms. The standard InChI is InChI=1S/C31H34N2O3/c1-21(2)32-16-18-33(19-17-32)26-10-4-23(5-11-26)30-28(22-6-12-27(36-3)13-7-22)14-8-24-20-25(31(34)35)9-15-29(24)30/h4-7,9-13,15,20-21H,8,14,16-19H2,1-3H3,(H,34,35). The number of methoxy groups -OCH3 is 1. The molecule has 186 valence electrons. The average Bonchev–Trinajstić information content (AvgIpc) is 2.92. The van der Waals surface area contributed by atoms with Crippen LogP contribution in [0, 0.1) is 0 Å². The number of carboxylic acids is 1. The zero-order chi connectivity index (χ0) is 25.2. The number of hydrogen-bond acceptors (Lipinski definition) is 4. The Labute approximate surface area is 213 Å². The first-order chi connectivity index (χ1) is 17.4. The van der Waals surface area contributed by atoms with Crippen LogP contribution < -0.4 is 9.64 Å². The summed E-state index contributed by atoms with van der Waals surface area (Å²) in [7, 11) is 1.68. The molecule has 5 nitrogen and oxygen atoms in total. The fourth-order valence-corrected chi connectivity index (χ4v) is 5.47. The first-order valence-electron chi connectivity index (χ1n) is 12.8. The molecule has 5 heteroatoms. The van der Waals surface area contributed by atoms with Gasteiger partial charge < -0.3 is 14.7 Å². The first kappa shape index (κ1) is 24.1. The minimum Gasteiger partial charge on any atom is -0.497 e. The van der Waals surface area contributed by atoms with Crippen molar-refractivity contribution in [3.8, 4) is 5.75 Å². The molecule has 1 aliphatic heterocycles. The van der Waals surface area contributed by atoms with Crippen molar-refractivity contribution in [2.45, 2.75) is 32.7 Å². The van der Waals surface area contributed by atoms with Crippen molar-refractivity contribution in [1.29, 1.82) is 0 Å². The van der Waals surface area contributed by atoms with Gasteiger partial charge in [-0.25, -0.2) is 4.79 Å². The molecule has 0 unspecified atom stereocenters. The van der Waals surface area contributed by atoms with E-state index in [0.717, 1.165) is 61.5 Å². The Morgan fingerprint density at radius 2 is 1.53 bits per heavy atom. The minimum absolute atomic E-state index is 0.344. The minimum atomic E-state index is -0.883. The van der Waals surface area contributed by atoms with Gasteiger partial charge in [0.25, 0.3) is 0 Å². The van der Waals surface area contributed by atoms with Crippen molar-refractivity contribution in [2.24, 2.45) is 0 Å². The van der Waals surface area contributed by atoms with Gasteiger partial charge in [0.15, 0.2) is 0 Å². The quantitative estimate of drug-likeness (QED) is 0.479. The van der Waals surface area contributed by atoms with Crippen molar-refractivity contribution in [3.05, 3.63) is 94.5 Å². The van der Waals surface area contributed by atoms with E-state index >= 15 is 0 Å². The molecule has 1 heterocycles. The summed E-state index contributed by atoms with van der Waals surface area (Å²) in [5, 5.41) is 9.52. The first-order valence-corrected chi connectivity index (χ1v) is 12.8. The van der Waals surface area contributed by atoms with E-state index < -0.39 is 5.97 Å². The molecule has 2 aliphatic rings. The smallest absolute Gasteiger partial charge is 0.335 e. The third kappa shape index (κ3) is 4.76. The lowest BCUT2D eigenvalue weighted by Gasteiger charge is -2.38. The van der Waals surface area contributed by atoms with Gasteiger partial charge in [-0.1, -0.05) is 30.3 Å². The van der Waals surface area contributed by atoms with Crippen molar-refractivity contribution < 1.29 is 14.6 Å². The number of hydrogen-bond donors (Lipinski definition) is 1. The Bertz CT molecular complexity index is 1270. The lowest BCUT2D eigenvalue weighted by atomic mass is 9.79. The number of carboxylic acid groups (broad SMARTS) is 1. The third-order valence-corrected chi connectivity index (χ3v) is 7.57. The van der Waals surface area contributed by atoms with Crippen LogP contribution in [-0.2, 0) is 6.42 Å². The van der Waals surface area contributed by atoms with Crippen LogP contribution in [0.3, 0.4) is 0 Å². The molecule has 0 saturated carbocycles. The Morgan fingerprint density at radius 3 is 2.14 bits per heavy atom. The lowest BCUT2D eigenvalue weighted by Crippen LogP contribution is -2.48. The molecule has 0 spiro atoms. The van der Waals surface area contributed by atoms with Gasteiger partial charge in [-0.15, -0.1) is 0 Å². The number of allylic oxidation sites excluding steroid dienone is 1. The molecule has 0 amide bonds. The summed E-state index contributed by atoms with van der Waals surface area (Å²) >= 11 is 0. The highest BCUT2D eigenvalue weighted by Crippen LogP contribution is 2.41. The summed E-state index contributed by atoms with van der Waals surface area (Å²) in [6.07, 6.45) is 1.68. The second-order valence-corrected chi connectivity index (χ2v) is 9.92. The van der Waals surface area contributed by atoms with Crippen LogP contribution in [0.5, 0.6) is 5.75 Å². The van der Waals surface area contributed by atoms with E-state index in [0.29, 0.717) is 11.6 Å². The number of aromatic carboxylic acids is 1. The second kappa shape index (κ2) is 10.2. The zero-order valence-corrected chi connectivity index (χ0v) is 21.3. The predicted octanol–water partition coefficient (Wildman–Crippen LogP) is 5.83. The number of ether oxygens (including phenoxy) is 1. The van der Waals surface area contributed by atoms with Crippen molar-refractivity contribution in [1.82, 2.24) is 4.90 Å². The number of anilines is 1. The van der Waals surface area contributed by atoms with Gasteiger partial charge in [0.2, 0.25) is 0 Å². The Balaban J connectivity index is 1.53. The van der Waals surface area contributed by atoms with Crippen LogP contribution in [0.15, 0.2) is 66.7 Å². The zero-order valence-electron chi connectivity index (χ0n) is 21.3. The van der Waals surface area contributed by atoms with E-state index in [2.05, 4.69) is 60.0 Å². The summed E-state index contributed by atoms with van der Waals surface area (Å²) in [6, 6.07) is 23.3. The van der Waals surface area contributed by atoms with Crippen LogP contribution >= 0.6 is 0 Å². The largest absolute Gasteiger partial charge is 0.497 e.